The Hall–Kier alpha value is -3.85. The first-order chi connectivity index (χ1) is 15.7. The molecule has 4 rings (SSSR count). The number of aliphatic hydroxyl groups excluding tert-OH is 1. The summed E-state index contributed by atoms with van der Waals surface area (Å²) < 4.78 is 30.0. The Morgan fingerprint density at radius 2 is 1.91 bits per heavy atom. The van der Waals surface area contributed by atoms with Gasteiger partial charge >= 0.3 is 0 Å². The molecular weight excluding hydrogens is 428 g/mol. The van der Waals surface area contributed by atoms with E-state index in [2.05, 4.69) is 15.4 Å². The van der Waals surface area contributed by atoms with Gasteiger partial charge in [0, 0.05) is 17.8 Å². The number of aliphatic hydroxyl groups is 1. The highest BCUT2D eigenvalue weighted by molar-refractivity contribution is 5.97. The van der Waals surface area contributed by atoms with Gasteiger partial charge in [0.15, 0.2) is 5.65 Å². The van der Waals surface area contributed by atoms with E-state index >= 15 is 4.39 Å². The van der Waals surface area contributed by atoms with Gasteiger partial charge < -0.3 is 16.2 Å². The Morgan fingerprint density at radius 1 is 1.18 bits per heavy atom. The number of hydrogen-bond donors (Lipinski definition) is 3. The van der Waals surface area contributed by atoms with Crippen LogP contribution in [0, 0.1) is 18.6 Å². The molecule has 0 aliphatic heterocycles. The lowest BCUT2D eigenvalue weighted by atomic mass is 9.98. The van der Waals surface area contributed by atoms with Gasteiger partial charge in [-0.3, -0.25) is 4.79 Å². The quantitative estimate of drug-likeness (QED) is 0.414. The Kier molecular flexibility index (Phi) is 6.06. The molecule has 0 aliphatic carbocycles. The molecule has 0 radical (unpaired) electrons. The smallest absolute Gasteiger partial charge is 0.254 e. The molecule has 1 amide bonds. The largest absolute Gasteiger partial charge is 0.388 e. The monoisotopic (exact) mass is 451 g/mol. The van der Waals surface area contributed by atoms with Gasteiger partial charge in [0.05, 0.1) is 11.7 Å². The van der Waals surface area contributed by atoms with E-state index < -0.39 is 29.7 Å². The van der Waals surface area contributed by atoms with E-state index in [1.165, 1.54) is 28.8 Å². The van der Waals surface area contributed by atoms with E-state index in [1.807, 2.05) is 0 Å². The molecule has 2 atom stereocenters. The highest BCUT2D eigenvalue weighted by atomic mass is 19.1. The molecule has 2 aromatic carbocycles. The lowest BCUT2D eigenvalue weighted by molar-refractivity contribution is 0.0912. The molecule has 7 nitrogen and oxygen atoms in total. The van der Waals surface area contributed by atoms with E-state index in [9.17, 15) is 14.3 Å². The molecule has 0 saturated heterocycles. The fourth-order valence-electron chi connectivity index (χ4n) is 3.75. The first kappa shape index (κ1) is 22.3. The molecule has 4 aromatic rings. The summed E-state index contributed by atoms with van der Waals surface area (Å²) in [6.45, 7) is 3.37. The molecule has 33 heavy (non-hydrogen) atoms. The Bertz CT molecular complexity index is 1320. The SMILES string of the molecule is Cc1ccc(-c2ccn3nc(N)nc3c2)c(F)c1C(=O)N[C@H](C)C[C@@H](O)c1ccc(F)cc1. The standard InChI is InChI=1S/C24H23F2N5O2/c1-13-3-8-18(16-9-10-31-20(12-16)29-24(27)30-31)22(26)21(13)23(33)28-14(2)11-19(32)15-4-6-17(25)7-5-15/h3-10,12,14,19,32H,11H2,1-2H3,(H2,27,30)(H,28,33)/t14-,19-/m1/s1. The van der Waals surface area contributed by atoms with Gasteiger partial charge in [-0.1, -0.05) is 24.3 Å². The van der Waals surface area contributed by atoms with Gasteiger partial charge in [0.1, 0.15) is 11.6 Å². The zero-order chi connectivity index (χ0) is 23.7. The van der Waals surface area contributed by atoms with Gasteiger partial charge in [0.25, 0.3) is 5.91 Å². The van der Waals surface area contributed by atoms with Crippen LogP contribution in [0.15, 0.2) is 54.7 Å². The molecule has 0 spiro atoms. The number of fused-ring (bicyclic) bond motifs is 1. The van der Waals surface area contributed by atoms with Crippen molar-refractivity contribution in [1.82, 2.24) is 19.9 Å². The molecule has 0 unspecified atom stereocenters. The third-order valence-corrected chi connectivity index (χ3v) is 5.45. The number of nitrogens with two attached hydrogens (primary N) is 1. The van der Waals surface area contributed by atoms with E-state index in [-0.39, 0.29) is 23.5 Å². The number of aromatic nitrogens is 3. The van der Waals surface area contributed by atoms with Crippen molar-refractivity contribution in [2.45, 2.75) is 32.4 Å². The maximum absolute atomic E-state index is 15.5. The highest BCUT2D eigenvalue weighted by Crippen LogP contribution is 2.28. The van der Waals surface area contributed by atoms with Crippen LogP contribution in [0.1, 0.15) is 40.9 Å². The second-order valence-corrected chi connectivity index (χ2v) is 7.98. The zero-order valence-electron chi connectivity index (χ0n) is 18.1. The van der Waals surface area contributed by atoms with Crippen LogP contribution in [-0.4, -0.2) is 31.7 Å². The van der Waals surface area contributed by atoms with Gasteiger partial charge in [-0.05, 0) is 61.2 Å². The van der Waals surface area contributed by atoms with Crippen molar-refractivity contribution in [1.29, 1.82) is 0 Å². The number of halogens is 2. The average molecular weight is 451 g/mol. The summed E-state index contributed by atoms with van der Waals surface area (Å²) in [6.07, 6.45) is 0.898. The summed E-state index contributed by atoms with van der Waals surface area (Å²) in [6, 6.07) is 11.6. The predicted molar refractivity (Wildman–Crippen MR) is 120 cm³/mol. The third kappa shape index (κ3) is 4.68. The lowest BCUT2D eigenvalue weighted by Crippen LogP contribution is -2.34. The number of carbonyl (C=O) groups is 1. The van der Waals surface area contributed by atoms with Crippen molar-refractivity contribution in [3.05, 3.63) is 83.1 Å². The Morgan fingerprint density at radius 3 is 2.64 bits per heavy atom. The van der Waals surface area contributed by atoms with E-state index in [0.29, 0.717) is 22.3 Å². The third-order valence-electron chi connectivity index (χ3n) is 5.45. The van der Waals surface area contributed by atoms with Crippen LogP contribution in [0.25, 0.3) is 16.8 Å². The summed E-state index contributed by atoms with van der Waals surface area (Å²) >= 11 is 0. The number of nitrogen functional groups attached to an aromatic ring is 1. The summed E-state index contributed by atoms with van der Waals surface area (Å²) in [5.74, 6) is -1.53. The predicted octanol–water partition coefficient (Wildman–Crippen LogP) is 3.81. The number of nitrogens with one attached hydrogen (secondary N) is 1. The molecular formula is C24H23F2N5O2. The molecule has 170 valence electrons. The first-order valence-corrected chi connectivity index (χ1v) is 10.4. The highest BCUT2D eigenvalue weighted by Gasteiger charge is 2.22. The topological polar surface area (TPSA) is 106 Å². The minimum Gasteiger partial charge on any atom is -0.388 e. The molecule has 4 N–H and O–H groups in total. The van der Waals surface area contributed by atoms with Crippen LogP contribution in [-0.2, 0) is 0 Å². The van der Waals surface area contributed by atoms with Crippen molar-refractivity contribution in [3.63, 3.8) is 0 Å². The number of rotatable bonds is 6. The summed E-state index contributed by atoms with van der Waals surface area (Å²) in [4.78, 5) is 17.0. The van der Waals surface area contributed by atoms with Crippen LogP contribution < -0.4 is 11.1 Å². The zero-order valence-corrected chi connectivity index (χ0v) is 18.1. The van der Waals surface area contributed by atoms with Crippen LogP contribution in [0.2, 0.25) is 0 Å². The summed E-state index contributed by atoms with van der Waals surface area (Å²) in [7, 11) is 0. The maximum atomic E-state index is 15.5. The summed E-state index contributed by atoms with van der Waals surface area (Å²) in [5, 5.41) is 17.1. The molecule has 0 fully saturated rings. The van der Waals surface area contributed by atoms with Crippen molar-refractivity contribution in [2.24, 2.45) is 0 Å². The maximum Gasteiger partial charge on any atom is 0.254 e. The number of carbonyl (C=O) groups excluding carboxylic acids is 1. The second-order valence-electron chi connectivity index (χ2n) is 7.98. The number of amides is 1. The number of nitrogens with zero attached hydrogens (tertiary/aromatic N) is 3. The molecule has 0 bridgehead atoms. The lowest BCUT2D eigenvalue weighted by Gasteiger charge is -2.19. The van der Waals surface area contributed by atoms with Crippen LogP contribution in [0.5, 0.6) is 0 Å². The number of hydrogen-bond acceptors (Lipinski definition) is 5. The van der Waals surface area contributed by atoms with Crippen molar-refractivity contribution in [2.75, 3.05) is 5.73 Å². The van der Waals surface area contributed by atoms with Crippen molar-refractivity contribution in [3.8, 4) is 11.1 Å². The molecule has 2 heterocycles. The molecule has 9 heteroatoms. The second kappa shape index (κ2) is 8.95. The van der Waals surface area contributed by atoms with Gasteiger partial charge in [-0.2, -0.15) is 4.98 Å². The average Bonchev–Trinajstić information content (AvgIpc) is 3.13. The minimum absolute atomic E-state index is 0.0727. The van der Waals surface area contributed by atoms with Crippen molar-refractivity contribution >= 4 is 17.5 Å². The Labute approximate surface area is 188 Å². The number of anilines is 1. The molecule has 0 aliphatic rings. The number of aryl methyl sites for hydroxylation is 1. The molecule has 2 aromatic heterocycles. The first-order valence-electron chi connectivity index (χ1n) is 10.4. The van der Waals surface area contributed by atoms with Crippen molar-refractivity contribution < 1.29 is 18.7 Å². The minimum atomic E-state index is -0.902. The normalized spacial score (nSPS) is 13.1. The Balaban J connectivity index is 1.55. The van der Waals surface area contributed by atoms with Crippen LogP contribution in [0.4, 0.5) is 14.7 Å². The fourth-order valence-corrected chi connectivity index (χ4v) is 3.75. The van der Waals surface area contributed by atoms with Gasteiger partial charge in [-0.15, -0.1) is 5.10 Å². The van der Waals surface area contributed by atoms with E-state index in [0.717, 1.165) is 0 Å². The van der Waals surface area contributed by atoms with Gasteiger partial charge in [0.2, 0.25) is 5.95 Å². The van der Waals surface area contributed by atoms with Gasteiger partial charge in [-0.25, -0.2) is 13.3 Å². The van der Waals surface area contributed by atoms with Crippen LogP contribution >= 0.6 is 0 Å². The number of pyridine rings is 1. The van der Waals surface area contributed by atoms with Crippen LogP contribution in [0.3, 0.4) is 0 Å². The summed E-state index contributed by atoms with van der Waals surface area (Å²) in [5.41, 5.74) is 7.78. The van der Waals surface area contributed by atoms with E-state index in [1.54, 1.807) is 44.3 Å². The molecule has 0 saturated carbocycles. The number of benzene rings is 2. The van der Waals surface area contributed by atoms with E-state index in [4.69, 9.17) is 5.73 Å². The fraction of sp³-hybridized carbons (Fsp3) is 0.208.